The van der Waals surface area contributed by atoms with Crippen LogP contribution in [0.25, 0.3) is 0 Å². The van der Waals surface area contributed by atoms with Crippen molar-refractivity contribution in [3.8, 4) is 0 Å². The van der Waals surface area contributed by atoms with Gasteiger partial charge in [-0.25, -0.2) is 4.79 Å². The van der Waals surface area contributed by atoms with Crippen LogP contribution in [-0.4, -0.2) is 33.9 Å². The molecule has 0 fully saturated rings. The first-order valence-corrected chi connectivity index (χ1v) is 31.7. The molecule has 0 aromatic heterocycles. The fourth-order valence-electron chi connectivity index (χ4n) is 7.20. The molecule has 0 heterocycles. The minimum Gasteiger partial charge on any atom is -0.479 e. The van der Waals surface area contributed by atoms with Gasteiger partial charge in [0.1, 0.15) is 0 Å². The third-order valence-electron chi connectivity index (χ3n) is 12.8. The van der Waals surface area contributed by atoms with Crippen LogP contribution in [0, 0.1) is 81.7 Å². The number of hydrogen-bond donors (Lipinski definition) is 4. The fourth-order valence-corrected chi connectivity index (χ4v) is 7.20. The minimum atomic E-state index is -1.61. The van der Waals surface area contributed by atoms with Crippen LogP contribution in [0.5, 0.6) is 0 Å². The predicted molar refractivity (Wildman–Crippen MR) is 370 cm³/mol. The number of carboxylic acids is 1. The first-order valence-electron chi connectivity index (χ1n) is 31.7. The molecule has 5 heteroatoms. The van der Waals surface area contributed by atoms with E-state index in [0.29, 0.717) is 66.2 Å². The normalized spacial score (nSPS) is 15.2. The van der Waals surface area contributed by atoms with Gasteiger partial charge in [-0.2, -0.15) is 0 Å². The van der Waals surface area contributed by atoms with Crippen LogP contribution >= 0.6 is 0 Å². The number of hydrogen-bond acceptors (Lipinski definition) is 4. The van der Waals surface area contributed by atoms with Crippen LogP contribution in [0.3, 0.4) is 0 Å². The fraction of sp³-hybridized carbons (Fsp3) is 0.933. The number of carboxylic acid groups (broad SMARTS) is 1. The van der Waals surface area contributed by atoms with Crippen molar-refractivity contribution in [3.63, 3.8) is 0 Å². The Morgan fingerprint density at radius 2 is 0.637 bits per heavy atom. The summed E-state index contributed by atoms with van der Waals surface area (Å²) in [5, 5.41) is 19.3. The Morgan fingerprint density at radius 1 is 0.362 bits per heavy atom. The maximum Gasteiger partial charge on any atom is 0.335 e. The average Bonchev–Trinajstić information content (AvgIpc) is 3.07. The molecule has 0 aliphatic heterocycles. The Hall–Kier alpha value is -1.17. The van der Waals surface area contributed by atoms with E-state index in [-0.39, 0.29) is 34.5 Å². The van der Waals surface area contributed by atoms with Gasteiger partial charge in [0.2, 0.25) is 0 Å². The first kappa shape index (κ1) is 92.5. The van der Waals surface area contributed by atoms with Crippen molar-refractivity contribution in [1.29, 1.82) is 0 Å². The van der Waals surface area contributed by atoms with Gasteiger partial charge < -0.3 is 21.7 Å². The van der Waals surface area contributed by atoms with Crippen molar-refractivity contribution in [3.05, 3.63) is 24.3 Å². The Kier molecular flexibility index (Phi) is 41.0. The Morgan fingerprint density at radius 3 is 0.787 bits per heavy atom. The summed E-state index contributed by atoms with van der Waals surface area (Å²) in [5.41, 5.74) is 14.7. The molecule has 0 amide bonds. The highest BCUT2D eigenvalue weighted by atomic mass is 16.4. The van der Waals surface area contributed by atoms with Crippen molar-refractivity contribution in [2.75, 3.05) is 0 Å². The van der Waals surface area contributed by atoms with Crippen LogP contribution in [-0.2, 0) is 4.79 Å². The topological polar surface area (TPSA) is 110 Å². The lowest BCUT2D eigenvalue weighted by Crippen LogP contribution is -2.44. The second kappa shape index (κ2) is 35.5. The summed E-state index contributed by atoms with van der Waals surface area (Å²) in [7, 11) is 0. The number of aliphatic carboxylic acids is 1. The minimum absolute atomic E-state index is 0.196. The maximum absolute atomic E-state index is 11.1. The van der Waals surface area contributed by atoms with E-state index in [2.05, 4.69) is 280 Å². The van der Waals surface area contributed by atoms with E-state index >= 15 is 0 Å². The highest BCUT2D eigenvalue weighted by Crippen LogP contribution is 2.38. The number of aliphatic hydroxyl groups is 1. The molecule has 0 aromatic rings. The monoisotopic (exact) mass is 1140 g/mol. The Labute approximate surface area is 509 Å². The Balaban J connectivity index is -0.000000156. The number of allylic oxidation sites excluding steroid dienone is 4. The van der Waals surface area contributed by atoms with Crippen LogP contribution in [0.2, 0.25) is 0 Å². The molecular weight excluding hydrogens is 977 g/mol. The maximum atomic E-state index is 11.1. The van der Waals surface area contributed by atoms with Crippen LogP contribution < -0.4 is 11.5 Å². The molecule has 0 saturated carbocycles. The van der Waals surface area contributed by atoms with E-state index < -0.39 is 11.6 Å². The highest BCUT2D eigenvalue weighted by molar-refractivity contribution is 5.77. The zero-order valence-electron chi connectivity index (χ0n) is 63.9. The Bertz CT molecular complexity index is 1530. The molecule has 0 saturated heterocycles. The largest absolute Gasteiger partial charge is 0.479 e. The first-order chi connectivity index (χ1) is 33.9. The van der Waals surface area contributed by atoms with E-state index in [1.54, 1.807) is 0 Å². The summed E-state index contributed by atoms with van der Waals surface area (Å²) < 4.78 is 0. The summed E-state index contributed by atoms with van der Waals surface area (Å²) in [4.78, 5) is 11.1. The molecule has 0 aliphatic rings. The van der Waals surface area contributed by atoms with Crippen LogP contribution in [0.15, 0.2) is 24.3 Å². The molecule has 3 unspecified atom stereocenters. The van der Waals surface area contributed by atoms with Crippen LogP contribution in [0.1, 0.15) is 356 Å². The highest BCUT2D eigenvalue weighted by Gasteiger charge is 2.42. The van der Waals surface area contributed by atoms with Gasteiger partial charge in [0.05, 0.1) is 0 Å². The van der Waals surface area contributed by atoms with E-state index in [1.807, 2.05) is 41.5 Å². The molecule has 5 nitrogen and oxygen atoms in total. The van der Waals surface area contributed by atoms with E-state index in [0.717, 1.165) is 18.8 Å². The van der Waals surface area contributed by atoms with Crippen molar-refractivity contribution in [2.24, 2.45) is 93.2 Å². The molecular formula is C75H160N2O3. The standard InChI is InChI=1S/C12H24O3.C11H25N.C11H24.C11H22.C10H23N.C10H22.C10H20/c1-10(2,3)7-12(15,9(13)14)8-11(4,5)6;1-10(2,3)8-7-9(12)11(4,5)6;1-9(11(5,6)7)8-10(2,3)4;1-10(2,3)8-7-9-11(4,5)6;1-9(2,3)7-8(11)10(4,5)6;2*1-9(2,3)7-8-10(4,5)6/h15H,7-8H2,1-6H3,(H,13,14);9H,7-8,12H2,1-6H3;9H,8H2,1-7H3;7-8H,9H2,1-6H3;8H,7,11H2,1-6H3;7-8H2,1-6H3;7-8H,1-6H3. The lowest BCUT2D eigenvalue weighted by atomic mass is 9.73. The van der Waals surface area contributed by atoms with Crippen molar-refractivity contribution in [1.82, 2.24) is 0 Å². The van der Waals surface area contributed by atoms with E-state index in [1.165, 1.54) is 32.1 Å². The summed E-state index contributed by atoms with van der Waals surface area (Å²) in [6.45, 7) is 95.2. The second-order valence-electron chi connectivity index (χ2n) is 40.9. The van der Waals surface area contributed by atoms with Gasteiger partial charge in [0.15, 0.2) is 5.60 Å². The van der Waals surface area contributed by atoms with Gasteiger partial charge in [-0.15, -0.1) is 0 Å². The molecule has 0 aromatic carbocycles. The third kappa shape index (κ3) is 83.3. The molecule has 6 N–H and O–H groups in total. The molecule has 3 atom stereocenters. The summed E-state index contributed by atoms with van der Waals surface area (Å²) >= 11 is 0. The molecule has 488 valence electrons. The summed E-state index contributed by atoms with van der Waals surface area (Å²) in [6, 6.07) is 0.638. The van der Waals surface area contributed by atoms with Gasteiger partial charge in [-0.05, 0) is 140 Å². The quantitative estimate of drug-likeness (QED) is 0.172. The third-order valence-corrected chi connectivity index (χ3v) is 12.8. The zero-order valence-corrected chi connectivity index (χ0v) is 63.9. The number of carbonyl (C=O) groups is 1. The molecule has 0 aliphatic carbocycles. The average molecular weight is 1140 g/mol. The van der Waals surface area contributed by atoms with E-state index in [9.17, 15) is 9.90 Å². The number of rotatable bonds is 9. The smallest absolute Gasteiger partial charge is 0.335 e. The van der Waals surface area contributed by atoms with Gasteiger partial charge in [-0.1, -0.05) is 322 Å². The predicted octanol–water partition coefficient (Wildman–Crippen LogP) is 24.3. The van der Waals surface area contributed by atoms with Crippen molar-refractivity contribution in [2.45, 2.75) is 373 Å². The zero-order chi connectivity index (χ0) is 67.0. The van der Waals surface area contributed by atoms with Gasteiger partial charge in [0.25, 0.3) is 0 Å². The van der Waals surface area contributed by atoms with Gasteiger partial charge >= 0.3 is 5.97 Å². The lowest BCUT2D eigenvalue weighted by Gasteiger charge is -2.35. The van der Waals surface area contributed by atoms with E-state index in [4.69, 9.17) is 16.6 Å². The summed E-state index contributed by atoms with van der Waals surface area (Å²) in [6.07, 6.45) is 18.3. The molecule has 0 spiro atoms. The van der Waals surface area contributed by atoms with Gasteiger partial charge in [0, 0.05) is 12.1 Å². The second-order valence-corrected chi connectivity index (χ2v) is 40.9. The molecule has 80 heavy (non-hydrogen) atoms. The van der Waals surface area contributed by atoms with Crippen molar-refractivity contribution >= 4 is 5.97 Å². The summed E-state index contributed by atoms with van der Waals surface area (Å²) in [5.74, 6) is -0.310. The molecule has 0 bridgehead atoms. The lowest BCUT2D eigenvalue weighted by molar-refractivity contribution is -0.165. The molecule has 0 radical (unpaired) electrons. The molecule has 0 rings (SSSR count). The van der Waals surface area contributed by atoms with Crippen LogP contribution in [0.4, 0.5) is 0 Å². The van der Waals surface area contributed by atoms with Crippen molar-refractivity contribution < 1.29 is 15.0 Å². The van der Waals surface area contributed by atoms with Gasteiger partial charge in [-0.3, -0.25) is 0 Å². The number of nitrogens with two attached hydrogens (primary N) is 2. The SMILES string of the molecule is CC(C)(C)C=CC(C)(C)C.CC(C)(C)C=CCC(C)(C)C.CC(C)(C)CC(N)C(C)(C)C.CC(C)(C)CC(O)(CC(C)(C)C)C(=O)O.CC(C)(C)CCC(C)(C)C.CC(C)(C)CCC(N)C(C)(C)C.CC(CC(C)(C)C)C(C)(C)C.